The van der Waals surface area contributed by atoms with Crippen molar-refractivity contribution in [1.29, 1.82) is 0 Å². The molecule has 0 fully saturated rings. The van der Waals surface area contributed by atoms with Gasteiger partial charge in [0.05, 0.1) is 32.6 Å². The van der Waals surface area contributed by atoms with Gasteiger partial charge in [0.25, 0.3) is 5.91 Å². The van der Waals surface area contributed by atoms with Gasteiger partial charge in [-0.15, -0.1) is 11.3 Å². The van der Waals surface area contributed by atoms with Crippen molar-refractivity contribution < 1.29 is 19.0 Å². The van der Waals surface area contributed by atoms with E-state index in [1.165, 1.54) is 4.88 Å². The molecule has 1 heterocycles. The second kappa shape index (κ2) is 9.22. The lowest BCUT2D eigenvalue weighted by atomic mass is 10.1. The van der Waals surface area contributed by atoms with E-state index in [0.717, 1.165) is 41.1 Å². The van der Waals surface area contributed by atoms with Crippen LogP contribution in [0, 0.1) is 0 Å². The van der Waals surface area contributed by atoms with Crippen molar-refractivity contribution >= 4 is 34.1 Å². The van der Waals surface area contributed by atoms with Crippen molar-refractivity contribution in [1.82, 2.24) is 0 Å². The highest BCUT2D eigenvalue weighted by molar-refractivity contribution is 7.16. The van der Waals surface area contributed by atoms with Gasteiger partial charge in [0.1, 0.15) is 22.2 Å². The predicted octanol–water partition coefficient (Wildman–Crippen LogP) is 5.27. The molecule has 0 aliphatic heterocycles. The molecule has 1 amide bonds. The van der Waals surface area contributed by atoms with Gasteiger partial charge < -0.3 is 19.5 Å². The number of carbonyl (C=O) groups is 1. The van der Waals surface area contributed by atoms with E-state index in [-0.39, 0.29) is 5.91 Å². The first kappa shape index (κ1) is 20.9. The fourth-order valence-electron chi connectivity index (χ4n) is 3.62. The van der Waals surface area contributed by atoms with Gasteiger partial charge in [-0.3, -0.25) is 4.79 Å². The van der Waals surface area contributed by atoms with E-state index in [9.17, 15) is 4.79 Å². The zero-order valence-electron chi connectivity index (χ0n) is 17.7. The molecule has 1 N–H and O–H groups in total. The highest BCUT2D eigenvalue weighted by Gasteiger charge is 2.27. The van der Waals surface area contributed by atoms with E-state index >= 15 is 0 Å². The van der Waals surface area contributed by atoms with Gasteiger partial charge in [0.2, 0.25) is 0 Å². The minimum Gasteiger partial charge on any atom is -0.497 e. The van der Waals surface area contributed by atoms with Crippen molar-refractivity contribution in [3.8, 4) is 17.2 Å². The van der Waals surface area contributed by atoms with Crippen LogP contribution in [0.25, 0.3) is 0 Å². The molecule has 0 atom stereocenters. The smallest absolute Gasteiger partial charge is 0.259 e. The van der Waals surface area contributed by atoms with E-state index in [0.29, 0.717) is 22.7 Å². The van der Waals surface area contributed by atoms with Crippen LogP contribution in [0.1, 0.15) is 32.8 Å². The van der Waals surface area contributed by atoms with Gasteiger partial charge in [-0.1, -0.05) is 0 Å². The number of hydrogen-bond donors (Lipinski definition) is 1. The first-order valence-corrected chi connectivity index (χ1v) is 10.8. The Kier molecular flexibility index (Phi) is 6.23. The molecule has 1 aliphatic carbocycles. The van der Waals surface area contributed by atoms with E-state index in [4.69, 9.17) is 14.2 Å². The van der Waals surface area contributed by atoms with Crippen molar-refractivity contribution in [2.75, 3.05) is 26.6 Å². The molecule has 2 aromatic carbocycles. The molecular weight excluding hydrogens is 412 g/mol. The molecule has 31 heavy (non-hydrogen) atoms. The lowest BCUT2D eigenvalue weighted by molar-refractivity contribution is 0.102. The maximum atomic E-state index is 13.3. The predicted molar refractivity (Wildman–Crippen MR) is 124 cm³/mol. The van der Waals surface area contributed by atoms with Gasteiger partial charge in [-0.25, -0.2) is 4.99 Å². The quantitative estimate of drug-likeness (QED) is 0.513. The molecule has 3 aromatic rings. The Morgan fingerprint density at radius 2 is 1.74 bits per heavy atom. The number of benzene rings is 2. The standard InChI is InChI=1S/C24H24N2O4S/c1-28-16-9-7-15(8-10-16)14-25-24-22(18-5-4-6-21(18)31-24)23(27)26-19-12-11-17(29-2)13-20(19)30-3/h7-14H,4-6H2,1-3H3,(H,26,27). The number of ether oxygens (including phenoxy) is 3. The molecule has 0 spiro atoms. The van der Waals surface area contributed by atoms with Crippen molar-refractivity contribution in [2.24, 2.45) is 4.99 Å². The Morgan fingerprint density at radius 3 is 2.45 bits per heavy atom. The van der Waals surface area contributed by atoms with Crippen LogP contribution < -0.4 is 19.5 Å². The van der Waals surface area contributed by atoms with Gasteiger partial charge in [0.15, 0.2) is 0 Å². The summed E-state index contributed by atoms with van der Waals surface area (Å²) in [6.07, 6.45) is 4.73. The third-order valence-corrected chi connectivity index (χ3v) is 6.43. The lowest BCUT2D eigenvalue weighted by Gasteiger charge is -2.12. The minimum atomic E-state index is -0.176. The third-order valence-electron chi connectivity index (χ3n) is 5.23. The molecule has 1 aromatic heterocycles. The Balaban J connectivity index is 1.63. The van der Waals surface area contributed by atoms with Crippen LogP contribution in [0.2, 0.25) is 0 Å². The fourth-order valence-corrected chi connectivity index (χ4v) is 4.86. The molecule has 0 radical (unpaired) electrons. The Bertz CT molecular complexity index is 1120. The molecule has 4 rings (SSSR count). The maximum absolute atomic E-state index is 13.3. The van der Waals surface area contributed by atoms with Crippen LogP contribution >= 0.6 is 11.3 Å². The fraction of sp³-hybridized carbons (Fsp3) is 0.250. The van der Waals surface area contributed by atoms with Crippen molar-refractivity contribution in [3.63, 3.8) is 0 Å². The summed E-state index contributed by atoms with van der Waals surface area (Å²) in [6, 6.07) is 13.0. The summed E-state index contributed by atoms with van der Waals surface area (Å²) in [7, 11) is 4.80. The summed E-state index contributed by atoms with van der Waals surface area (Å²) in [5.41, 5.74) is 3.30. The molecule has 6 nitrogen and oxygen atoms in total. The summed E-state index contributed by atoms with van der Waals surface area (Å²) in [5, 5.41) is 3.72. The summed E-state index contributed by atoms with van der Waals surface area (Å²) >= 11 is 1.60. The number of aryl methyl sites for hydroxylation is 1. The number of hydrogen-bond acceptors (Lipinski definition) is 6. The largest absolute Gasteiger partial charge is 0.497 e. The van der Waals surface area contributed by atoms with Crippen LogP contribution in [-0.2, 0) is 12.8 Å². The Hall–Kier alpha value is -3.32. The van der Waals surface area contributed by atoms with Crippen LogP contribution in [0.15, 0.2) is 47.5 Å². The monoisotopic (exact) mass is 436 g/mol. The number of anilines is 1. The summed E-state index contributed by atoms with van der Waals surface area (Å²) in [5.74, 6) is 1.82. The van der Waals surface area contributed by atoms with Crippen LogP contribution in [0.3, 0.4) is 0 Å². The van der Waals surface area contributed by atoms with E-state index in [1.807, 2.05) is 24.3 Å². The molecule has 0 unspecified atom stereocenters. The lowest BCUT2D eigenvalue weighted by Crippen LogP contribution is -2.14. The average Bonchev–Trinajstić information content (AvgIpc) is 3.39. The summed E-state index contributed by atoms with van der Waals surface area (Å²) < 4.78 is 15.9. The SMILES string of the molecule is COc1ccc(C=Nc2sc3c(c2C(=O)Nc2ccc(OC)cc2OC)CCC3)cc1. The number of nitrogens with zero attached hydrogens (tertiary/aromatic N) is 1. The van der Waals surface area contributed by atoms with Crippen molar-refractivity contribution in [2.45, 2.75) is 19.3 Å². The van der Waals surface area contributed by atoms with Gasteiger partial charge in [0, 0.05) is 17.2 Å². The Morgan fingerprint density at radius 1 is 1.00 bits per heavy atom. The Labute approximate surface area is 185 Å². The van der Waals surface area contributed by atoms with Gasteiger partial charge >= 0.3 is 0 Å². The number of aliphatic imine (C=N–C) groups is 1. The number of rotatable bonds is 7. The van der Waals surface area contributed by atoms with Crippen LogP contribution in [0.4, 0.5) is 10.7 Å². The summed E-state index contributed by atoms with van der Waals surface area (Å²) in [4.78, 5) is 19.2. The van der Waals surface area contributed by atoms with Gasteiger partial charge in [-0.2, -0.15) is 0 Å². The molecule has 7 heteroatoms. The summed E-state index contributed by atoms with van der Waals surface area (Å²) in [6.45, 7) is 0. The molecule has 0 saturated carbocycles. The number of amides is 1. The zero-order chi connectivity index (χ0) is 21.8. The molecule has 1 aliphatic rings. The third kappa shape index (κ3) is 4.41. The first-order chi connectivity index (χ1) is 15.1. The minimum absolute atomic E-state index is 0.176. The van der Waals surface area contributed by atoms with Crippen LogP contribution in [0.5, 0.6) is 17.2 Å². The topological polar surface area (TPSA) is 69.2 Å². The number of methoxy groups -OCH3 is 3. The second-order valence-electron chi connectivity index (χ2n) is 7.09. The zero-order valence-corrected chi connectivity index (χ0v) is 18.5. The molecule has 0 bridgehead atoms. The molecule has 0 saturated heterocycles. The van der Waals surface area contributed by atoms with E-state index in [1.54, 1.807) is 57.1 Å². The maximum Gasteiger partial charge on any atom is 0.259 e. The van der Waals surface area contributed by atoms with E-state index < -0.39 is 0 Å². The van der Waals surface area contributed by atoms with E-state index in [2.05, 4.69) is 10.3 Å². The first-order valence-electron chi connectivity index (χ1n) is 9.99. The molecule has 160 valence electrons. The van der Waals surface area contributed by atoms with Crippen LogP contribution in [-0.4, -0.2) is 33.5 Å². The molecular formula is C24H24N2O4S. The normalized spacial score (nSPS) is 12.6. The van der Waals surface area contributed by atoms with Crippen molar-refractivity contribution in [3.05, 3.63) is 64.0 Å². The number of fused-ring (bicyclic) bond motifs is 1. The number of carbonyl (C=O) groups excluding carboxylic acids is 1. The highest BCUT2D eigenvalue weighted by atomic mass is 32.1. The second-order valence-corrected chi connectivity index (χ2v) is 8.17. The number of nitrogens with one attached hydrogen (secondary N) is 1. The highest BCUT2D eigenvalue weighted by Crippen LogP contribution is 2.41. The number of thiophene rings is 1. The average molecular weight is 437 g/mol. The van der Waals surface area contributed by atoms with Gasteiger partial charge in [-0.05, 0) is 66.8 Å².